The predicted molar refractivity (Wildman–Crippen MR) is 84.3 cm³/mol. The smallest absolute Gasteiger partial charge is 0.319 e. The minimum Gasteiger partial charge on any atom is -0.432 e. The van der Waals surface area contributed by atoms with E-state index < -0.39 is 93.0 Å². The molecule has 0 aromatic carbocycles. The lowest BCUT2D eigenvalue weighted by molar-refractivity contribution is -0.296. The zero-order valence-corrected chi connectivity index (χ0v) is 14.9. The zero-order chi connectivity index (χ0) is 21.9. The maximum absolute atomic E-state index is 11.9. The van der Waals surface area contributed by atoms with Crippen molar-refractivity contribution in [3.63, 3.8) is 0 Å². The third-order valence-corrected chi connectivity index (χ3v) is 4.48. The van der Waals surface area contributed by atoms with E-state index in [1.165, 1.54) is 0 Å². The number of hydrogen-bond donors (Lipinski definition) is 8. The average molecular weight is 428 g/mol. The van der Waals surface area contributed by atoms with Gasteiger partial charge in [-0.25, -0.2) is 0 Å². The van der Waals surface area contributed by atoms with Crippen LogP contribution in [0.4, 0.5) is 0 Å². The van der Waals surface area contributed by atoms with Crippen molar-refractivity contribution in [1.29, 1.82) is 0 Å². The van der Waals surface area contributed by atoms with Crippen LogP contribution in [0.1, 0.15) is 6.42 Å². The summed E-state index contributed by atoms with van der Waals surface area (Å²) in [5, 5.41) is 76.2. The van der Waals surface area contributed by atoms with E-state index in [-0.39, 0.29) is 0 Å². The zero-order valence-electron chi connectivity index (χ0n) is 14.9. The SMILES string of the molecule is O=C(CC(=O)OC1O[C@H](CO)[C@@H](O)[C@H](O)[C@H]1O)OC1O[C@H](CO)[C@@H](O)[C@H](O)[C@H]1O. The quantitative estimate of drug-likeness (QED) is 0.145. The van der Waals surface area contributed by atoms with Crippen LogP contribution in [0.15, 0.2) is 0 Å². The molecule has 2 aliphatic heterocycles. The molecule has 2 unspecified atom stereocenters. The number of ether oxygens (including phenoxy) is 4. The number of aliphatic hydroxyl groups is 8. The van der Waals surface area contributed by atoms with Gasteiger partial charge in [0.25, 0.3) is 0 Å². The summed E-state index contributed by atoms with van der Waals surface area (Å²) >= 11 is 0. The average Bonchev–Trinajstić information content (AvgIpc) is 2.68. The summed E-state index contributed by atoms with van der Waals surface area (Å²) in [4.78, 5) is 23.7. The number of aliphatic hydroxyl groups excluding tert-OH is 8. The first-order valence-electron chi connectivity index (χ1n) is 8.60. The summed E-state index contributed by atoms with van der Waals surface area (Å²) in [7, 11) is 0. The number of rotatable bonds is 6. The Balaban J connectivity index is 1.89. The standard InChI is InChI=1S/C15H24O14/c16-2-4-8(20)10(22)12(24)14(26-4)28-6(18)1-7(19)29-15-13(25)11(23)9(21)5(3-17)27-15/h4-5,8-17,20-25H,1-3H2/t4-,5-,8-,9-,10+,11+,12-,13-,14?,15?/m1/s1. The minimum atomic E-state index is -1.86. The van der Waals surface area contributed by atoms with E-state index in [0.29, 0.717) is 0 Å². The van der Waals surface area contributed by atoms with Gasteiger partial charge in [0.1, 0.15) is 55.3 Å². The Morgan fingerprint density at radius 2 is 0.966 bits per heavy atom. The second-order valence-corrected chi connectivity index (χ2v) is 6.55. The molecule has 0 amide bonds. The van der Waals surface area contributed by atoms with Crippen LogP contribution in [-0.4, -0.2) is 127 Å². The molecule has 14 nitrogen and oxygen atoms in total. The third kappa shape index (κ3) is 5.37. The van der Waals surface area contributed by atoms with Gasteiger partial charge >= 0.3 is 11.9 Å². The molecule has 0 aromatic rings. The first kappa shape index (κ1) is 23.8. The molecule has 14 heteroatoms. The Kier molecular flexibility index (Phi) is 8.24. The van der Waals surface area contributed by atoms with Crippen molar-refractivity contribution in [1.82, 2.24) is 0 Å². The van der Waals surface area contributed by atoms with Gasteiger partial charge in [0.15, 0.2) is 0 Å². The van der Waals surface area contributed by atoms with Gasteiger partial charge < -0.3 is 59.8 Å². The molecule has 2 heterocycles. The molecule has 0 radical (unpaired) electrons. The third-order valence-electron chi connectivity index (χ3n) is 4.48. The van der Waals surface area contributed by atoms with Crippen LogP contribution in [-0.2, 0) is 28.5 Å². The summed E-state index contributed by atoms with van der Waals surface area (Å²) < 4.78 is 19.3. The molecule has 8 N–H and O–H groups in total. The van der Waals surface area contributed by atoms with Gasteiger partial charge in [-0.1, -0.05) is 0 Å². The van der Waals surface area contributed by atoms with E-state index in [2.05, 4.69) is 0 Å². The highest BCUT2D eigenvalue weighted by atomic mass is 16.7. The molecule has 2 aliphatic rings. The van der Waals surface area contributed by atoms with Crippen LogP contribution in [0, 0.1) is 0 Å². The van der Waals surface area contributed by atoms with Crippen molar-refractivity contribution < 1.29 is 69.4 Å². The highest BCUT2D eigenvalue weighted by Gasteiger charge is 2.47. The van der Waals surface area contributed by atoms with E-state index in [1.54, 1.807) is 0 Å². The molecule has 29 heavy (non-hydrogen) atoms. The van der Waals surface area contributed by atoms with Crippen LogP contribution < -0.4 is 0 Å². The van der Waals surface area contributed by atoms with Gasteiger partial charge in [0.05, 0.1) is 13.2 Å². The van der Waals surface area contributed by atoms with Crippen LogP contribution in [0.5, 0.6) is 0 Å². The summed E-state index contributed by atoms with van der Waals surface area (Å²) in [6, 6.07) is 0. The monoisotopic (exact) mass is 428 g/mol. The van der Waals surface area contributed by atoms with Crippen LogP contribution in [0.2, 0.25) is 0 Å². The number of esters is 2. The van der Waals surface area contributed by atoms with E-state index in [1.807, 2.05) is 0 Å². The highest BCUT2D eigenvalue weighted by Crippen LogP contribution is 2.24. The first-order valence-corrected chi connectivity index (χ1v) is 8.60. The lowest BCUT2D eigenvalue weighted by Crippen LogP contribution is -2.60. The second-order valence-electron chi connectivity index (χ2n) is 6.55. The molecule has 2 fully saturated rings. The molecule has 0 spiro atoms. The van der Waals surface area contributed by atoms with Crippen LogP contribution in [0.3, 0.4) is 0 Å². The maximum atomic E-state index is 11.9. The molecule has 2 saturated heterocycles. The first-order chi connectivity index (χ1) is 13.6. The summed E-state index contributed by atoms with van der Waals surface area (Å²) in [6.07, 6.45) is -17.9. The van der Waals surface area contributed by atoms with E-state index in [9.17, 15) is 40.2 Å². The van der Waals surface area contributed by atoms with Gasteiger partial charge in [-0.05, 0) is 0 Å². The van der Waals surface area contributed by atoms with Crippen molar-refractivity contribution in [2.24, 2.45) is 0 Å². The largest absolute Gasteiger partial charge is 0.432 e. The number of carbonyl (C=O) groups excluding carboxylic acids is 2. The number of carbonyl (C=O) groups is 2. The van der Waals surface area contributed by atoms with Crippen molar-refractivity contribution >= 4 is 11.9 Å². The predicted octanol–water partition coefficient (Wildman–Crippen LogP) is -5.94. The molecule has 0 bridgehead atoms. The Morgan fingerprint density at radius 1 is 0.621 bits per heavy atom. The van der Waals surface area contributed by atoms with Gasteiger partial charge in [0.2, 0.25) is 12.6 Å². The minimum absolute atomic E-state index is 0.752. The fourth-order valence-electron chi connectivity index (χ4n) is 2.79. The molecule has 0 aromatic heterocycles. The Hall–Kier alpha value is -1.46. The van der Waals surface area contributed by atoms with Crippen molar-refractivity contribution in [2.75, 3.05) is 13.2 Å². The van der Waals surface area contributed by atoms with Crippen molar-refractivity contribution in [3.05, 3.63) is 0 Å². The fourth-order valence-corrected chi connectivity index (χ4v) is 2.79. The highest BCUT2D eigenvalue weighted by molar-refractivity contribution is 5.91. The maximum Gasteiger partial charge on any atom is 0.319 e. The molecule has 0 saturated carbocycles. The van der Waals surface area contributed by atoms with Crippen molar-refractivity contribution in [2.45, 2.75) is 67.8 Å². The van der Waals surface area contributed by atoms with E-state index in [4.69, 9.17) is 29.2 Å². The summed E-state index contributed by atoms with van der Waals surface area (Å²) in [5.41, 5.74) is 0. The molecule has 0 aliphatic carbocycles. The summed E-state index contributed by atoms with van der Waals surface area (Å²) in [6.45, 7) is -1.50. The van der Waals surface area contributed by atoms with Crippen LogP contribution in [0.25, 0.3) is 0 Å². The second kappa shape index (κ2) is 10.0. The van der Waals surface area contributed by atoms with E-state index >= 15 is 0 Å². The number of hydrogen-bond acceptors (Lipinski definition) is 14. The van der Waals surface area contributed by atoms with E-state index in [0.717, 1.165) is 0 Å². The van der Waals surface area contributed by atoms with Gasteiger partial charge in [-0.2, -0.15) is 0 Å². The van der Waals surface area contributed by atoms with Gasteiger partial charge in [-0.15, -0.1) is 0 Å². The molecule has 10 atom stereocenters. The van der Waals surface area contributed by atoms with Gasteiger partial charge in [0, 0.05) is 0 Å². The summed E-state index contributed by atoms with van der Waals surface area (Å²) in [5.74, 6) is -2.58. The fraction of sp³-hybridized carbons (Fsp3) is 0.867. The molecule has 2 rings (SSSR count). The Labute approximate surface area is 163 Å². The normalized spacial score (nSPS) is 42.9. The topological polar surface area (TPSA) is 233 Å². The molecule has 168 valence electrons. The molecular weight excluding hydrogens is 404 g/mol. The Morgan fingerprint density at radius 3 is 1.28 bits per heavy atom. The van der Waals surface area contributed by atoms with Gasteiger partial charge in [-0.3, -0.25) is 9.59 Å². The van der Waals surface area contributed by atoms with Crippen molar-refractivity contribution in [3.8, 4) is 0 Å². The lowest BCUT2D eigenvalue weighted by atomic mass is 9.99. The Bertz CT molecular complexity index is 519. The lowest BCUT2D eigenvalue weighted by Gasteiger charge is -2.39. The van der Waals surface area contributed by atoms with Crippen LogP contribution >= 0.6 is 0 Å². The molecular formula is C15H24O14.